The summed E-state index contributed by atoms with van der Waals surface area (Å²) in [4.78, 5) is 0. The van der Waals surface area contributed by atoms with E-state index in [1.807, 2.05) is 48.3 Å². The Hall–Kier alpha value is -2.53. The van der Waals surface area contributed by atoms with Gasteiger partial charge in [0.1, 0.15) is 11.5 Å². The maximum Gasteiger partial charge on any atom is 0.119 e. The highest BCUT2D eigenvalue weighted by molar-refractivity contribution is 5.90. The molecule has 1 aliphatic heterocycles. The fraction of sp³-hybridized carbons (Fsp3) is 0.316. The molecular weight excluding hydrogens is 302 g/mol. The highest BCUT2D eigenvalue weighted by Gasteiger charge is 2.28. The Morgan fingerprint density at radius 1 is 1.17 bits per heavy atom. The lowest BCUT2D eigenvalue weighted by atomic mass is 10.0. The summed E-state index contributed by atoms with van der Waals surface area (Å²) in [5, 5.41) is 6.74. The summed E-state index contributed by atoms with van der Waals surface area (Å²) in [6.45, 7) is 3.10. The number of hydrazone groups is 1. The molecule has 0 aromatic heterocycles. The molecule has 2 N–H and O–H groups in total. The van der Waals surface area contributed by atoms with Crippen molar-refractivity contribution in [2.75, 3.05) is 25.3 Å². The zero-order chi connectivity index (χ0) is 16.9. The van der Waals surface area contributed by atoms with E-state index >= 15 is 0 Å². The van der Waals surface area contributed by atoms with E-state index in [1.54, 1.807) is 7.11 Å². The van der Waals surface area contributed by atoms with Crippen molar-refractivity contribution in [2.45, 2.75) is 19.4 Å². The number of benzene rings is 2. The van der Waals surface area contributed by atoms with E-state index < -0.39 is 0 Å². The van der Waals surface area contributed by atoms with Crippen molar-refractivity contribution >= 4 is 11.4 Å². The van der Waals surface area contributed by atoms with Crippen molar-refractivity contribution < 1.29 is 9.47 Å². The number of nitrogens with zero attached hydrogens (tertiary/aromatic N) is 2. The summed E-state index contributed by atoms with van der Waals surface area (Å²) >= 11 is 0. The smallest absolute Gasteiger partial charge is 0.119 e. The van der Waals surface area contributed by atoms with E-state index in [9.17, 15) is 0 Å². The molecule has 0 amide bonds. The Bertz CT molecular complexity index is 713. The van der Waals surface area contributed by atoms with Crippen LogP contribution in [0.15, 0.2) is 53.6 Å². The van der Waals surface area contributed by atoms with Crippen LogP contribution in [-0.2, 0) is 0 Å². The van der Waals surface area contributed by atoms with Crippen LogP contribution in [0.5, 0.6) is 11.5 Å². The summed E-state index contributed by atoms with van der Waals surface area (Å²) < 4.78 is 10.9. The lowest BCUT2D eigenvalue weighted by molar-refractivity contribution is 0.340. The fourth-order valence-corrected chi connectivity index (χ4v) is 2.90. The molecule has 0 radical (unpaired) electrons. The molecule has 0 fully saturated rings. The standard InChI is InChI=1S/C19H23N3O2/c1-3-24-17-9-7-16(8-10-17)22-19(12-15(13-20)21-22)14-5-4-6-18(11-14)23-2/h4-11,19H,3,12-13,20H2,1-2H3. The molecule has 0 aliphatic carbocycles. The molecule has 1 aliphatic rings. The van der Waals surface area contributed by atoms with Crippen LogP contribution in [-0.4, -0.2) is 26.0 Å². The zero-order valence-electron chi connectivity index (χ0n) is 14.1. The minimum absolute atomic E-state index is 0.122. The summed E-state index contributed by atoms with van der Waals surface area (Å²) in [5.41, 5.74) is 9.01. The van der Waals surface area contributed by atoms with Crippen LogP contribution >= 0.6 is 0 Å². The van der Waals surface area contributed by atoms with E-state index in [4.69, 9.17) is 20.3 Å². The van der Waals surface area contributed by atoms with Gasteiger partial charge in [-0.25, -0.2) is 0 Å². The van der Waals surface area contributed by atoms with Crippen molar-refractivity contribution in [3.05, 3.63) is 54.1 Å². The molecule has 0 spiro atoms. The number of rotatable bonds is 6. The van der Waals surface area contributed by atoms with Gasteiger partial charge < -0.3 is 15.2 Å². The first-order valence-electron chi connectivity index (χ1n) is 8.17. The van der Waals surface area contributed by atoms with Crippen LogP contribution in [0, 0.1) is 0 Å². The molecule has 1 unspecified atom stereocenters. The van der Waals surface area contributed by atoms with E-state index in [0.717, 1.165) is 34.9 Å². The van der Waals surface area contributed by atoms with Gasteiger partial charge in [0.2, 0.25) is 0 Å². The average Bonchev–Trinajstić information content (AvgIpc) is 3.07. The molecule has 1 atom stereocenters. The number of ether oxygens (including phenoxy) is 2. The van der Waals surface area contributed by atoms with Gasteiger partial charge in [-0.3, -0.25) is 5.01 Å². The maximum absolute atomic E-state index is 5.83. The van der Waals surface area contributed by atoms with Crippen LogP contribution in [0.1, 0.15) is 24.9 Å². The second-order valence-electron chi connectivity index (χ2n) is 5.64. The minimum atomic E-state index is 0.122. The van der Waals surface area contributed by atoms with E-state index in [1.165, 1.54) is 0 Å². The molecule has 2 aromatic rings. The predicted octanol–water partition coefficient (Wildman–Crippen LogP) is 3.36. The molecule has 5 nitrogen and oxygen atoms in total. The molecule has 0 saturated carbocycles. The molecule has 24 heavy (non-hydrogen) atoms. The molecule has 5 heteroatoms. The number of methoxy groups -OCH3 is 1. The second-order valence-corrected chi connectivity index (χ2v) is 5.64. The third kappa shape index (κ3) is 3.36. The summed E-state index contributed by atoms with van der Waals surface area (Å²) in [7, 11) is 1.68. The Morgan fingerprint density at radius 3 is 2.62 bits per heavy atom. The van der Waals surface area contributed by atoms with Crippen LogP contribution in [0.3, 0.4) is 0 Å². The van der Waals surface area contributed by atoms with Crippen LogP contribution in [0.2, 0.25) is 0 Å². The SMILES string of the molecule is CCOc1ccc(N2N=C(CN)CC2c2cccc(OC)c2)cc1. The van der Waals surface area contributed by atoms with Crippen molar-refractivity contribution in [1.29, 1.82) is 0 Å². The highest BCUT2D eigenvalue weighted by atomic mass is 16.5. The first-order chi connectivity index (χ1) is 11.7. The largest absolute Gasteiger partial charge is 0.497 e. The maximum atomic E-state index is 5.83. The van der Waals surface area contributed by atoms with E-state index in [-0.39, 0.29) is 6.04 Å². The zero-order valence-corrected chi connectivity index (χ0v) is 14.1. The van der Waals surface area contributed by atoms with Gasteiger partial charge in [-0.2, -0.15) is 5.10 Å². The summed E-state index contributed by atoms with van der Waals surface area (Å²) in [6, 6.07) is 16.2. The summed E-state index contributed by atoms with van der Waals surface area (Å²) in [6.07, 6.45) is 0.816. The Morgan fingerprint density at radius 2 is 1.96 bits per heavy atom. The van der Waals surface area contributed by atoms with E-state index in [2.05, 4.69) is 12.1 Å². The van der Waals surface area contributed by atoms with E-state index in [0.29, 0.717) is 13.2 Å². The minimum Gasteiger partial charge on any atom is -0.497 e. The van der Waals surface area contributed by atoms with Crippen LogP contribution < -0.4 is 20.2 Å². The van der Waals surface area contributed by atoms with Crippen molar-refractivity contribution in [3.63, 3.8) is 0 Å². The highest BCUT2D eigenvalue weighted by Crippen LogP contribution is 2.36. The van der Waals surface area contributed by atoms with Gasteiger partial charge in [0.05, 0.1) is 31.2 Å². The number of anilines is 1. The van der Waals surface area contributed by atoms with Gasteiger partial charge in [-0.1, -0.05) is 12.1 Å². The predicted molar refractivity (Wildman–Crippen MR) is 96.9 cm³/mol. The lowest BCUT2D eigenvalue weighted by Gasteiger charge is -2.24. The monoisotopic (exact) mass is 325 g/mol. The molecule has 1 heterocycles. The number of hydrogen-bond donors (Lipinski definition) is 1. The van der Waals surface area contributed by atoms with Crippen LogP contribution in [0.4, 0.5) is 5.69 Å². The first-order valence-corrected chi connectivity index (χ1v) is 8.17. The quantitative estimate of drug-likeness (QED) is 0.885. The van der Waals surface area contributed by atoms with Crippen molar-refractivity contribution in [2.24, 2.45) is 10.8 Å². The van der Waals surface area contributed by atoms with Gasteiger partial charge >= 0.3 is 0 Å². The Labute approximate surface area is 142 Å². The third-order valence-electron chi connectivity index (χ3n) is 4.10. The number of nitrogens with two attached hydrogens (primary N) is 1. The summed E-state index contributed by atoms with van der Waals surface area (Å²) in [5.74, 6) is 1.71. The molecular formula is C19H23N3O2. The Kier molecular flexibility index (Phi) is 5.01. The molecule has 3 rings (SSSR count). The Balaban J connectivity index is 1.91. The van der Waals surface area contributed by atoms with Gasteiger partial charge in [-0.15, -0.1) is 0 Å². The van der Waals surface area contributed by atoms with Gasteiger partial charge in [0.15, 0.2) is 0 Å². The van der Waals surface area contributed by atoms with Crippen LogP contribution in [0.25, 0.3) is 0 Å². The molecule has 126 valence electrons. The average molecular weight is 325 g/mol. The van der Waals surface area contributed by atoms with Crippen molar-refractivity contribution in [3.8, 4) is 11.5 Å². The van der Waals surface area contributed by atoms with Gasteiger partial charge in [-0.05, 0) is 48.9 Å². The van der Waals surface area contributed by atoms with Gasteiger partial charge in [0.25, 0.3) is 0 Å². The van der Waals surface area contributed by atoms with Gasteiger partial charge in [0, 0.05) is 13.0 Å². The fourth-order valence-electron chi connectivity index (χ4n) is 2.90. The first kappa shape index (κ1) is 16.3. The van der Waals surface area contributed by atoms with Crippen molar-refractivity contribution in [1.82, 2.24) is 0 Å². The molecule has 0 saturated heterocycles. The number of hydrogen-bond acceptors (Lipinski definition) is 5. The normalized spacial score (nSPS) is 16.9. The molecule has 2 aromatic carbocycles. The molecule has 0 bridgehead atoms. The second kappa shape index (κ2) is 7.36. The topological polar surface area (TPSA) is 60.1 Å². The third-order valence-corrected chi connectivity index (χ3v) is 4.10. The lowest BCUT2D eigenvalue weighted by Crippen LogP contribution is -2.18.